The second-order valence-electron chi connectivity index (χ2n) is 3.59. The first kappa shape index (κ1) is 11.3. The molecule has 2 aromatic heterocycles. The van der Waals surface area contributed by atoms with Gasteiger partial charge in [0.25, 0.3) is 0 Å². The Hall–Kier alpha value is -1.18. The summed E-state index contributed by atoms with van der Waals surface area (Å²) in [7, 11) is 0. The van der Waals surface area contributed by atoms with E-state index in [-0.39, 0.29) is 5.92 Å². The normalized spacial score (nSPS) is 12.3. The summed E-state index contributed by atoms with van der Waals surface area (Å²) in [4.78, 5) is 5.78. The Morgan fingerprint density at radius 1 is 1.50 bits per heavy atom. The van der Waals surface area contributed by atoms with Crippen LogP contribution in [-0.2, 0) is 0 Å². The van der Waals surface area contributed by atoms with Crippen LogP contribution in [0, 0.1) is 18.3 Å². The van der Waals surface area contributed by atoms with E-state index in [0.29, 0.717) is 0 Å². The summed E-state index contributed by atoms with van der Waals surface area (Å²) in [5.74, 6) is -0.0565. The lowest BCUT2D eigenvalue weighted by molar-refractivity contribution is 0.810. The van der Waals surface area contributed by atoms with Crippen molar-refractivity contribution in [1.82, 2.24) is 4.98 Å². The smallest absolute Gasteiger partial charge is 0.110 e. The first-order chi connectivity index (χ1) is 7.76. The molecule has 0 bridgehead atoms. The summed E-state index contributed by atoms with van der Waals surface area (Å²) in [6.45, 7) is 4.11. The van der Waals surface area contributed by atoms with Crippen LogP contribution in [0.2, 0.25) is 0 Å². The highest BCUT2D eigenvalue weighted by atomic mass is 32.1. The van der Waals surface area contributed by atoms with Crippen LogP contribution in [0.3, 0.4) is 0 Å². The number of nitrogens with zero attached hydrogens (tertiary/aromatic N) is 2. The number of aromatic nitrogens is 1. The molecule has 0 aliphatic heterocycles. The van der Waals surface area contributed by atoms with E-state index in [0.717, 1.165) is 17.1 Å². The summed E-state index contributed by atoms with van der Waals surface area (Å²) in [5, 5.41) is 14.1. The molecule has 2 aromatic rings. The van der Waals surface area contributed by atoms with Gasteiger partial charge >= 0.3 is 0 Å². The number of thiazole rings is 1. The molecule has 0 radical (unpaired) electrons. The van der Waals surface area contributed by atoms with E-state index >= 15 is 0 Å². The van der Waals surface area contributed by atoms with Crippen molar-refractivity contribution in [2.45, 2.75) is 26.2 Å². The number of nitriles is 1. The maximum atomic E-state index is 8.99. The molecule has 0 N–H and O–H groups in total. The Bertz CT molecular complexity index is 519. The van der Waals surface area contributed by atoms with Gasteiger partial charge in [-0.15, -0.1) is 22.7 Å². The molecule has 16 heavy (non-hydrogen) atoms. The molecule has 0 aliphatic carbocycles. The lowest BCUT2D eigenvalue weighted by Crippen LogP contribution is -1.92. The molecule has 1 unspecified atom stereocenters. The first-order valence-electron chi connectivity index (χ1n) is 5.15. The van der Waals surface area contributed by atoms with Crippen molar-refractivity contribution in [2.75, 3.05) is 0 Å². The molecule has 0 saturated carbocycles. The van der Waals surface area contributed by atoms with Gasteiger partial charge in [-0.05, 0) is 30.4 Å². The molecule has 0 fully saturated rings. The predicted octanol–water partition coefficient (Wildman–Crippen LogP) is 4.20. The molecule has 0 amide bonds. The van der Waals surface area contributed by atoms with Crippen LogP contribution in [-0.4, -0.2) is 4.98 Å². The Morgan fingerprint density at radius 3 is 2.88 bits per heavy atom. The third-order valence-electron chi connectivity index (χ3n) is 2.48. The van der Waals surface area contributed by atoms with E-state index < -0.39 is 0 Å². The van der Waals surface area contributed by atoms with Crippen molar-refractivity contribution < 1.29 is 0 Å². The largest absolute Gasteiger partial charge is 0.239 e. The van der Waals surface area contributed by atoms with Gasteiger partial charge in [0, 0.05) is 5.38 Å². The Labute approximate surface area is 103 Å². The average molecular weight is 248 g/mol. The zero-order valence-electron chi connectivity index (χ0n) is 9.23. The number of hydrogen-bond donors (Lipinski definition) is 0. The van der Waals surface area contributed by atoms with Gasteiger partial charge in [0.05, 0.1) is 22.6 Å². The monoisotopic (exact) mass is 248 g/mol. The summed E-state index contributed by atoms with van der Waals surface area (Å²) < 4.78 is 0. The topological polar surface area (TPSA) is 36.7 Å². The molecular formula is C12H12N2S2. The molecule has 0 aliphatic rings. The molecule has 2 nitrogen and oxygen atoms in total. The molecule has 0 saturated heterocycles. The fraction of sp³-hybridized carbons (Fsp3) is 0.333. The van der Waals surface area contributed by atoms with Crippen LogP contribution in [0.4, 0.5) is 0 Å². The van der Waals surface area contributed by atoms with Gasteiger partial charge in [-0.1, -0.05) is 6.92 Å². The maximum Gasteiger partial charge on any atom is 0.110 e. The van der Waals surface area contributed by atoms with Gasteiger partial charge in [0.2, 0.25) is 0 Å². The highest BCUT2D eigenvalue weighted by Gasteiger charge is 2.14. The molecular weight excluding hydrogens is 236 g/mol. The fourth-order valence-corrected chi connectivity index (χ4v) is 3.41. The maximum absolute atomic E-state index is 8.99. The minimum atomic E-state index is -0.0565. The van der Waals surface area contributed by atoms with Gasteiger partial charge in [-0.25, -0.2) is 4.98 Å². The van der Waals surface area contributed by atoms with E-state index in [1.54, 1.807) is 22.7 Å². The van der Waals surface area contributed by atoms with Gasteiger partial charge in [-0.2, -0.15) is 5.26 Å². The Morgan fingerprint density at radius 2 is 2.31 bits per heavy atom. The van der Waals surface area contributed by atoms with Gasteiger partial charge in [0.15, 0.2) is 0 Å². The molecule has 2 heterocycles. The van der Waals surface area contributed by atoms with Crippen molar-refractivity contribution >= 4 is 22.7 Å². The highest BCUT2D eigenvalue weighted by Crippen LogP contribution is 2.32. The van der Waals surface area contributed by atoms with Crippen LogP contribution in [0.25, 0.3) is 10.6 Å². The lowest BCUT2D eigenvalue weighted by Gasteiger charge is -1.99. The SMILES string of the molecule is CCC(C#N)c1nc(-c2sccc2C)cs1. The summed E-state index contributed by atoms with van der Waals surface area (Å²) in [6, 6.07) is 4.39. The van der Waals surface area contributed by atoms with E-state index in [1.807, 2.05) is 12.3 Å². The third-order valence-corrected chi connectivity index (χ3v) is 4.48. The predicted molar refractivity (Wildman–Crippen MR) is 68.8 cm³/mol. The number of thiophene rings is 1. The first-order valence-corrected chi connectivity index (χ1v) is 6.91. The summed E-state index contributed by atoms with van der Waals surface area (Å²) >= 11 is 3.29. The molecule has 1 atom stereocenters. The average Bonchev–Trinajstić information content (AvgIpc) is 2.89. The zero-order chi connectivity index (χ0) is 11.5. The molecule has 4 heteroatoms. The quantitative estimate of drug-likeness (QED) is 0.816. The molecule has 0 spiro atoms. The van der Waals surface area contributed by atoms with Crippen LogP contribution in [0.5, 0.6) is 0 Å². The van der Waals surface area contributed by atoms with Gasteiger partial charge < -0.3 is 0 Å². The van der Waals surface area contributed by atoms with Crippen LogP contribution in [0.1, 0.15) is 29.8 Å². The molecule has 2 rings (SSSR count). The Kier molecular flexibility index (Phi) is 3.37. The minimum absolute atomic E-state index is 0.0565. The van der Waals surface area contributed by atoms with E-state index in [2.05, 4.69) is 29.4 Å². The van der Waals surface area contributed by atoms with E-state index in [9.17, 15) is 0 Å². The molecule has 0 aromatic carbocycles. The van der Waals surface area contributed by atoms with Crippen molar-refractivity contribution in [3.05, 3.63) is 27.4 Å². The summed E-state index contributed by atoms with van der Waals surface area (Å²) in [6.07, 6.45) is 0.826. The third kappa shape index (κ3) is 2.01. The molecule has 82 valence electrons. The van der Waals surface area contributed by atoms with Crippen molar-refractivity contribution in [1.29, 1.82) is 5.26 Å². The minimum Gasteiger partial charge on any atom is -0.239 e. The van der Waals surface area contributed by atoms with Crippen molar-refractivity contribution in [3.8, 4) is 16.6 Å². The number of hydrogen-bond acceptors (Lipinski definition) is 4. The van der Waals surface area contributed by atoms with E-state index in [4.69, 9.17) is 5.26 Å². The lowest BCUT2D eigenvalue weighted by atomic mass is 10.1. The standard InChI is InChI=1S/C12H12N2S2/c1-3-9(6-13)12-14-10(7-16-12)11-8(2)4-5-15-11/h4-5,7,9H,3H2,1-2H3. The highest BCUT2D eigenvalue weighted by molar-refractivity contribution is 7.14. The fourth-order valence-electron chi connectivity index (χ4n) is 1.51. The zero-order valence-corrected chi connectivity index (χ0v) is 10.9. The van der Waals surface area contributed by atoms with Gasteiger partial charge in [-0.3, -0.25) is 0 Å². The Balaban J connectivity index is 2.34. The van der Waals surface area contributed by atoms with Crippen LogP contribution in [0.15, 0.2) is 16.8 Å². The van der Waals surface area contributed by atoms with Crippen LogP contribution < -0.4 is 0 Å². The number of rotatable bonds is 3. The number of aryl methyl sites for hydroxylation is 1. The summed E-state index contributed by atoms with van der Waals surface area (Å²) in [5.41, 5.74) is 2.27. The van der Waals surface area contributed by atoms with Crippen molar-refractivity contribution in [2.24, 2.45) is 0 Å². The van der Waals surface area contributed by atoms with Gasteiger partial charge in [0.1, 0.15) is 5.01 Å². The van der Waals surface area contributed by atoms with E-state index in [1.165, 1.54) is 10.4 Å². The second-order valence-corrected chi connectivity index (χ2v) is 5.40. The van der Waals surface area contributed by atoms with Crippen LogP contribution >= 0.6 is 22.7 Å². The second kappa shape index (κ2) is 4.77. The van der Waals surface area contributed by atoms with Crippen molar-refractivity contribution in [3.63, 3.8) is 0 Å².